The van der Waals surface area contributed by atoms with Crippen LogP contribution in [-0.4, -0.2) is 20.8 Å². The standard InChI is InChI=1S/C21H19N5O2S/c27-21(22-10-16-11-24-26(12-16)19-6-2-1-3-7-19)25-17-5-4-8-20(9-17)28-13-18-14-29-15-23-18/h1-9,11-12,14-15H,10,13H2,(H2,22,25,27). The Balaban J connectivity index is 1.28. The number of amides is 2. The van der Waals surface area contributed by atoms with E-state index in [9.17, 15) is 4.79 Å². The van der Waals surface area contributed by atoms with Gasteiger partial charge in [-0.1, -0.05) is 24.3 Å². The smallest absolute Gasteiger partial charge is 0.319 e. The molecular formula is C21H19N5O2S. The summed E-state index contributed by atoms with van der Waals surface area (Å²) in [5, 5.41) is 11.9. The monoisotopic (exact) mass is 405 g/mol. The number of aromatic nitrogens is 3. The van der Waals surface area contributed by atoms with Gasteiger partial charge in [-0.2, -0.15) is 5.10 Å². The molecule has 2 heterocycles. The predicted octanol–water partition coefficient (Wildman–Crippen LogP) is 4.23. The number of rotatable bonds is 7. The molecule has 0 unspecified atom stereocenters. The summed E-state index contributed by atoms with van der Waals surface area (Å²) < 4.78 is 7.48. The van der Waals surface area contributed by atoms with Crippen LogP contribution in [0.3, 0.4) is 0 Å². The Morgan fingerprint density at radius 2 is 2.03 bits per heavy atom. The van der Waals surface area contributed by atoms with Crippen LogP contribution in [0.2, 0.25) is 0 Å². The van der Waals surface area contributed by atoms with Crippen LogP contribution in [-0.2, 0) is 13.2 Å². The van der Waals surface area contributed by atoms with Gasteiger partial charge >= 0.3 is 6.03 Å². The fourth-order valence-electron chi connectivity index (χ4n) is 2.66. The molecule has 0 bridgehead atoms. The van der Waals surface area contributed by atoms with Crippen LogP contribution in [0, 0.1) is 0 Å². The Labute approximate surface area is 172 Å². The van der Waals surface area contributed by atoms with Crippen LogP contribution in [0.5, 0.6) is 5.75 Å². The molecule has 0 fully saturated rings. The minimum Gasteiger partial charge on any atom is -0.487 e. The van der Waals surface area contributed by atoms with Crippen molar-refractivity contribution >= 4 is 23.1 Å². The maximum Gasteiger partial charge on any atom is 0.319 e. The molecule has 4 aromatic rings. The number of hydrogen-bond acceptors (Lipinski definition) is 5. The second-order valence-electron chi connectivity index (χ2n) is 6.23. The Bertz CT molecular complexity index is 1060. The van der Waals surface area contributed by atoms with Crippen LogP contribution in [0.25, 0.3) is 5.69 Å². The first-order valence-electron chi connectivity index (χ1n) is 9.00. The lowest BCUT2D eigenvalue weighted by Gasteiger charge is -2.09. The van der Waals surface area contributed by atoms with E-state index in [0.29, 0.717) is 24.6 Å². The molecule has 0 aliphatic heterocycles. The van der Waals surface area contributed by atoms with Crippen LogP contribution >= 0.6 is 11.3 Å². The van der Waals surface area contributed by atoms with Crippen molar-refractivity contribution in [3.8, 4) is 11.4 Å². The van der Waals surface area contributed by atoms with Crippen molar-refractivity contribution in [1.82, 2.24) is 20.1 Å². The van der Waals surface area contributed by atoms with Crippen LogP contribution in [0.1, 0.15) is 11.3 Å². The average Bonchev–Trinajstić information content (AvgIpc) is 3.44. The van der Waals surface area contributed by atoms with E-state index in [1.165, 1.54) is 11.3 Å². The third-order valence-electron chi connectivity index (χ3n) is 4.07. The van der Waals surface area contributed by atoms with E-state index in [0.717, 1.165) is 16.9 Å². The Hall–Kier alpha value is -3.65. The van der Waals surface area contributed by atoms with Crippen LogP contribution in [0.4, 0.5) is 10.5 Å². The molecule has 0 atom stereocenters. The summed E-state index contributed by atoms with van der Waals surface area (Å²) in [4.78, 5) is 16.4. The van der Waals surface area contributed by atoms with Crippen molar-refractivity contribution in [2.24, 2.45) is 0 Å². The molecule has 146 valence electrons. The highest BCUT2D eigenvalue weighted by atomic mass is 32.1. The molecule has 4 rings (SSSR count). The third-order valence-corrected chi connectivity index (χ3v) is 4.71. The fourth-order valence-corrected chi connectivity index (χ4v) is 3.20. The zero-order chi connectivity index (χ0) is 19.9. The lowest BCUT2D eigenvalue weighted by atomic mass is 10.3. The van der Waals surface area contributed by atoms with Gasteiger partial charge < -0.3 is 15.4 Å². The summed E-state index contributed by atoms with van der Waals surface area (Å²) in [5.74, 6) is 0.667. The summed E-state index contributed by atoms with van der Waals surface area (Å²) in [5.41, 5.74) is 5.17. The van der Waals surface area contributed by atoms with E-state index in [1.54, 1.807) is 22.5 Å². The van der Waals surface area contributed by atoms with Gasteiger partial charge in [0, 0.05) is 35.4 Å². The Morgan fingerprint density at radius 3 is 2.86 bits per heavy atom. The minimum atomic E-state index is -0.297. The number of para-hydroxylation sites is 1. The summed E-state index contributed by atoms with van der Waals surface area (Å²) in [7, 11) is 0. The van der Waals surface area contributed by atoms with E-state index < -0.39 is 0 Å². The van der Waals surface area contributed by atoms with E-state index in [1.807, 2.05) is 60.1 Å². The van der Waals surface area contributed by atoms with Crippen molar-refractivity contribution < 1.29 is 9.53 Å². The molecule has 0 aliphatic rings. The molecule has 2 N–H and O–H groups in total. The first-order chi connectivity index (χ1) is 14.3. The largest absolute Gasteiger partial charge is 0.487 e. The maximum absolute atomic E-state index is 12.2. The molecule has 0 spiro atoms. The van der Waals surface area contributed by atoms with Gasteiger partial charge in [-0.15, -0.1) is 11.3 Å². The lowest BCUT2D eigenvalue weighted by molar-refractivity contribution is 0.251. The molecule has 0 aliphatic carbocycles. The summed E-state index contributed by atoms with van der Waals surface area (Å²) in [6.45, 7) is 0.767. The van der Waals surface area contributed by atoms with Gasteiger partial charge in [0.2, 0.25) is 0 Å². The number of thiazole rings is 1. The average molecular weight is 405 g/mol. The van der Waals surface area contributed by atoms with Gasteiger partial charge in [-0.3, -0.25) is 0 Å². The van der Waals surface area contributed by atoms with E-state index in [-0.39, 0.29) is 6.03 Å². The molecule has 2 aromatic carbocycles. The molecule has 0 saturated heterocycles. The van der Waals surface area contributed by atoms with Gasteiger partial charge in [0.25, 0.3) is 0 Å². The molecule has 29 heavy (non-hydrogen) atoms. The van der Waals surface area contributed by atoms with Gasteiger partial charge in [0.1, 0.15) is 12.4 Å². The number of nitrogens with zero attached hydrogens (tertiary/aromatic N) is 3. The maximum atomic E-state index is 12.2. The highest BCUT2D eigenvalue weighted by molar-refractivity contribution is 7.07. The highest BCUT2D eigenvalue weighted by Crippen LogP contribution is 2.18. The van der Waals surface area contributed by atoms with Gasteiger partial charge in [-0.05, 0) is 24.3 Å². The molecule has 2 aromatic heterocycles. The van der Waals surface area contributed by atoms with Gasteiger partial charge in [-0.25, -0.2) is 14.5 Å². The summed E-state index contributed by atoms with van der Waals surface area (Å²) >= 11 is 1.53. The summed E-state index contributed by atoms with van der Waals surface area (Å²) in [6, 6.07) is 16.8. The zero-order valence-corrected chi connectivity index (χ0v) is 16.3. The normalized spacial score (nSPS) is 10.5. The number of nitrogens with one attached hydrogen (secondary N) is 2. The van der Waals surface area contributed by atoms with Crippen LogP contribution in [0.15, 0.2) is 77.9 Å². The number of urea groups is 1. The first kappa shape index (κ1) is 18.7. The molecule has 7 nitrogen and oxygen atoms in total. The number of carbonyl (C=O) groups excluding carboxylic acids is 1. The quantitative estimate of drug-likeness (QED) is 0.482. The molecule has 0 radical (unpaired) electrons. The number of hydrogen-bond donors (Lipinski definition) is 2. The molecule has 8 heteroatoms. The van der Waals surface area contributed by atoms with Crippen LogP contribution < -0.4 is 15.4 Å². The van der Waals surface area contributed by atoms with Crippen molar-refractivity contribution in [3.63, 3.8) is 0 Å². The summed E-state index contributed by atoms with van der Waals surface area (Å²) in [6.07, 6.45) is 3.63. The van der Waals surface area contributed by atoms with Crippen molar-refractivity contribution in [2.45, 2.75) is 13.2 Å². The highest BCUT2D eigenvalue weighted by Gasteiger charge is 2.06. The number of ether oxygens (including phenoxy) is 1. The Morgan fingerprint density at radius 1 is 1.14 bits per heavy atom. The van der Waals surface area contributed by atoms with Gasteiger partial charge in [0.05, 0.1) is 23.1 Å². The van der Waals surface area contributed by atoms with Gasteiger partial charge in [0.15, 0.2) is 0 Å². The van der Waals surface area contributed by atoms with Crippen molar-refractivity contribution in [3.05, 3.63) is 89.1 Å². The minimum absolute atomic E-state index is 0.297. The van der Waals surface area contributed by atoms with Crippen molar-refractivity contribution in [1.29, 1.82) is 0 Å². The second-order valence-corrected chi connectivity index (χ2v) is 6.95. The first-order valence-corrected chi connectivity index (χ1v) is 9.94. The van der Waals surface area contributed by atoms with E-state index in [4.69, 9.17) is 4.74 Å². The number of carbonyl (C=O) groups is 1. The Kier molecular flexibility index (Phi) is 5.82. The second kappa shape index (κ2) is 9.03. The number of anilines is 1. The number of benzene rings is 2. The fraction of sp³-hybridized carbons (Fsp3) is 0.0952. The SMILES string of the molecule is O=C(NCc1cnn(-c2ccccc2)c1)Nc1cccc(OCc2cscn2)c1. The molecular weight excluding hydrogens is 386 g/mol. The van der Waals surface area contributed by atoms with E-state index >= 15 is 0 Å². The predicted molar refractivity (Wildman–Crippen MR) is 112 cm³/mol. The lowest BCUT2D eigenvalue weighted by Crippen LogP contribution is -2.28. The third kappa shape index (κ3) is 5.20. The topological polar surface area (TPSA) is 81.1 Å². The molecule has 0 saturated carbocycles. The zero-order valence-electron chi connectivity index (χ0n) is 15.5. The van der Waals surface area contributed by atoms with Crippen molar-refractivity contribution in [2.75, 3.05) is 5.32 Å². The van der Waals surface area contributed by atoms with E-state index in [2.05, 4.69) is 20.7 Å². The molecule has 2 amide bonds.